The lowest BCUT2D eigenvalue weighted by molar-refractivity contribution is 0.0449. The van der Waals surface area contributed by atoms with Crippen LogP contribution < -0.4 is 10.2 Å². The molecule has 134 valence electrons. The van der Waals surface area contributed by atoms with Crippen LogP contribution in [-0.2, 0) is 0 Å². The molecule has 7 nitrogen and oxygen atoms in total. The van der Waals surface area contributed by atoms with E-state index in [1.165, 1.54) is 0 Å². The SMILES string of the molecule is CC1(O)CCCN(c2ccc(SC3CNC3)c(S)c2-c2nnn[nH]2)C1. The molecule has 2 aliphatic heterocycles. The fourth-order valence-electron chi connectivity index (χ4n) is 3.37. The van der Waals surface area contributed by atoms with E-state index in [-0.39, 0.29) is 0 Å². The van der Waals surface area contributed by atoms with E-state index in [4.69, 9.17) is 12.6 Å². The molecule has 2 aliphatic rings. The second-order valence-electron chi connectivity index (χ2n) is 6.98. The van der Waals surface area contributed by atoms with Crippen LogP contribution >= 0.6 is 24.4 Å². The first-order valence-electron chi connectivity index (χ1n) is 8.48. The van der Waals surface area contributed by atoms with Crippen molar-refractivity contribution in [3.63, 3.8) is 0 Å². The van der Waals surface area contributed by atoms with Gasteiger partial charge in [0.1, 0.15) is 0 Å². The fourth-order valence-corrected chi connectivity index (χ4v) is 4.94. The van der Waals surface area contributed by atoms with Crippen LogP contribution in [0.3, 0.4) is 0 Å². The Morgan fingerprint density at radius 1 is 1.40 bits per heavy atom. The summed E-state index contributed by atoms with van der Waals surface area (Å²) in [7, 11) is 0. The molecule has 2 fully saturated rings. The van der Waals surface area contributed by atoms with Gasteiger partial charge in [-0.1, -0.05) is 0 Å². The molecule has 0 aliphatic carbocycles. The Bertz CT molecular complexity index is 747. The zero-order valence-corrected chi connectivity index (χ0v) is 15.8. The highest BCUT2D eigenvalue weighted by molar-refractivity contribution is 8.00. The van der Waals surface area contributed by atoms with Crippen LogP contribution in [0.4, 0.5) is 5.69 Å². The van der Waals surface area contributed by atoms with E-state index in [2.05, 4.69) is 43.0 Å². The first kappa shape index (κ1) is 17.1. The maximum absolute atomic E-state index is 10.5. The van der Waals surface area contributed by atoms with Crippen LogP contribution in [0, 0.1) is 0 Å². The number of nitrogens with zero attached hydrogens (tertiary/aromatic N) is 4. The maximum atomic E-state index is 10.5. The summed E-state index contributed by atoms with van der Waals surface area (Å²) in [6, 6.07) is 4.23. The van der Waals surface area contributed by atoms with Crippen LogP contribution in [0.15, 0.2) is 21.9 Å². The Morgan fingerprint density at radius 3 is 2.88 bits per heavy atom. The molecule has 2 saturated heterocycles. The molecule has 25 heavy (non-hydrogen) atoms. The van der Waals surface area contributed by atoms with E-state index >= 15 is 0 Å². The number of tetrazole rings is 1. The highest BCUT2D eigenvalue weighted by Crippen LogP contribution is 2.42. The average molecular weight is 379 g/mol. The minimum absolute atomic E-state index is 0.577. The van der Waals surface area contributed by atoms with Gasteiger partial charge in [0.2, 0.25) is 0 Å². The zero-order valence-electron chi connectivity index (χ0n) is 14.1. The van der Waals surface area contributed by atoms with Gasteiger partial charge in [0.25, 0.3) is 0 Å². The van der Waals surface area contributed by atoms with E-state index in [0.29, 0.717) is 17.6 Å². The van der Waals surface area contributed by atoms with Crippen molar-refractivity contribution in [3.8, 4) is 11.4 Å². The number of rotatable bonds is 4. The summed E-state index contributed by atoms with van der Waals surface area (Å²) in [5, 5.41) is 28.8. The van der Waals surface area contributed by atoms with Crippen molar-refractivity contribution in [2.24, 2.45) is 0 Å². The molecule has 1 aromatic heterocycles. The van der Waals surface area contributed by atoms with Crippen LogP contribution in [-0.4, -0.2) is 62.8 Å². The highest BCUT2D eigenvalue weighted by Gasteiger charge is 2.31. The van der Waals surface area contributed by atoms with Crippen LogP contribution in [0.1, 0.15) is 19.8 Å². The Morgan fingerprint density at radius 2 is 2.24 bits per heavy atom. The quantitative estimate of drug-likeness (QED) is 0.601. The summed E-state index contributed by atoms with van der Waals surface area (Å²) in [5.74, 6) is 0.611. The molecule has 0 spiro atoms. The van der Waals surface area contributed by atoms with Crippen LogP contribution in [0.2, 0.25) is 0 Å². The molecule has 3 heterocycles. The van der Waals surface area contributed by atoms with Crippen molar-refractivity contribution in [3.05, 3.63) is 12.1 Å². The molecule has 1 atom stereocenters. The number of hydrogen-bond donors (Lipinski definition) is 4. The summed E-state index contributed by atoms with van der Waals surface area (Å²) in [4.78, 5) is 4.23. The Balaban J connectivity index is 1.74. The molecule has 0 bridgehead atoms. The summed E-state index contributed by atoms with van der Waals surface area (Å²) in [6.45, 7) is 5.43. The number of hydrogen-bond acceptors (Lipinski definition) is 8. The van der Waals surface area contributed by atoms with Crippen LogP contribution in [0.5, 0.6) is 0 Å². The second-order valence-corrected chi connectivity index (χ2v) is 8.77. The van der Waals surface area contributed by atoms with Gasteiger partial charge in [-0.25, -0.2) is 5.10 Å². The largest absolute Gasteiger partial charge is 0.388 e. The van der Waals surface area contributed by atoms with Crippen molar-refractivity contribution in [2.75, 3.05) is 31.1 Å². The molecule has 4 rings (SSSR count). The van der Waals surface area contributed by atoms with E-state index in [1.807, 2.05) is 18.7 Å². The number of thiol groups is 1. The Labute approximate surface area is 156 Å². The topological polar surface area (TPSA) is 90.0 Å². The Hall–Kier alpha value is -1.29. The Kier molecular flexibility index (Phi) is 4.65. The van der Waals surface area contributed by atoms with E-state index in [9.17, 15) is 5.11 Å². The summed E-state index contributed by atoms with van der Waals surface area (Å²) < 4.78 is 0. The van der Waals surface area contributed by atoms with Crippen molar-refractivity contribution >= 4 is 30.1 Å². The van der Waals surface area contributed by atoms with Gasteiger partial charge in [0.05, 0.1) is 11.2 Å². The number of H-pyrrole nitrogens is 1. The summed E-state index contributed by atoms with van der Waals surface area (Å²) in [5.41, 5.74) is 1.24. The second kappa shape index (κ2) is 6.79. The lowest BCUT2D eigenvalue weighted by atomic mass is 9.94. The molecule has 3 N–H and O–H groups in total. The third-order valence-corrected chi connectivity index (χ3v) is 6.63. The average Bonchev–Trinajstić information content (AvgIpc) is 3.04. The first-order valence-corrected chi connectivity index (χ1v) is 9.81. The van der Waals surface area contributed by atoms with Crippen LogP contribution in [0.25, 0.3) is 11.4 Å². The van der Waals surface area contributed by atoms with Gasteiger partial charge in [-0.15, -0.1) is 29.5 Å². The first-order chi connectivity index (χ1) is 12.0. The van der Waals surface area contributed by atoms with Gasteiger partial charge in [0.15, 0.2) is 5.82 Å². The smallest absolute Gasteiger partial charge is 0.182 e. The lowest BCUT2D eigenvalue weighted by Gasteiger charge is -2.39. The lowest BCUT2D eigenvalue weighted by Crippen LogP contribution is -2.46. The number of aromatic nitrogens is 4. The van der Waals surface area contributed by atoms with Crippen molar-refractivity contribution in [2.45, 2.75) is 40.4 Å². The van der Waals surface area contributed by atoms with Crippen molar-refractivity contribution < 1.29 is 5.11 Å². The normalized spacial score (nSPS) is 24.4. The minimum Gasteiger partial charge on any atom is -0.388 e. The molecule has 9 heteroatoms. The molecule has 2 aromatic rings. The number of thioether (sulfide) groups is 1. The van der Waals surface area contributed by atoms with Gasteiger partial charge in [-0.05, 0) is 42.3 Å². The molecule has 0 saturated carbocycles. The molecule has 0 radical (unpaired) electrons. The number of aliphatic hydroxyl groups is 1. The third kappa shape index (κ3) is 3.51. The van der Waals surface area contributed by atoms with E-state index in [0.717, 1.165) is 53.5 Å². The fraction of sp³-hybridized carbons (Fsp3) is 0.562. The number of aromatic amines is 1. The molecule has 1 aromatic carbocycles. The van der Waals surface area contributed by atoms with E-state index < -0.39 is 5.60 Å². The highest BCUT2D eigenvalue weighted by atomic mass is 32.2. The number of anilines is 1. The predicted molar refractivity (Wildman–Crippen MR) is 101 cm³/mol. The number of nitrogens with one attached hydrogen (secondary N) is 2. The summed E-state index contributed by atoms with van der Waals surface area (Å²) in [6.07, 6.45) is 1.77. The monoisotopic (exact) mass is 378 g/mol. The van der Waals surface area contributed by atoms with E-state index in [1.54, 1.807) is 0 Å². The summed E-state index contributed by atoms with van der Waals surface area (Å²) >= 11 is 6.66. The maximum Gasteiger partial charge on any atom is 0.182 e. The molecule has 0 amide bonds. The van der Waals surface area contributed by atoms with Crippen molar-refractivity contribution in [1.82, 2.24) is 25.9 Å². The van der Waals surface area contributed by atoms with Gasteiger partial charge >= 0.3 is 0 Å². The predicted octanol–water partition coefficient (Wildman–Crippen LogP) is 1.57. The van der Waals surface area contributed by atoms with Gasteiger partial charge in [-0.3, -0.25) is 0 Å². The third-order valence-electron chi connectivity index (χ3n) is 4.75. The standard InChI is InChI=1S/C16H22N6OS2/c1-16(23)5-2-6-22(9-16)11-3-4-12(25-10-7-17-8-10)14(24)13(11)15-18-20-21-19-15/h3-4,10,17,23-24H,2,5-9H2,1H3,(H,18,19,20,21). The molecular weight excluding hydrogens is 356 g/mol. The zero-order chi connectivity index (χ0) is 17.4. The number of β-amino-alcohol motifs (C(OH)–C–C–N with tert-alkyl or cyclic N) is 1. The minimum atomic E-state index is -0.684. The van der Waals surface area contributed by atoms with Gasteiger partial charge < -0.3 is 15.3 Å². The van der Waals surface area contributed by atoms with Gasteiger partial charge in [-0.2, -0.15) is 0 Å². The van der Waals surface area contributed by atoms with Crippen molar-refractivity contribution in [1.29, 1.82) is 0 Å². The van der Waals surface area contributed by atoms with Gasteiger partial charge in [0, 0.05) is 46.9 Å². The number of piperidine rings is 1. The molecular formula is C16H22N6OS2. The number of benzene rings is 1. The molecule has 1 unspecified atom stereocenters.